The number of amides is 1. The molecule has 3 rings (SSSR count). The van der Waals surface area contributed by atoms with Gasteiger partial charge in [-0.25, -0.2) is 0 Å². The van der Waals surface area contributed by atoms with Crippen LogP contribution < -0.4 is 5.32 Å². The normalized spacial score (nSPS) is 26.1. The Morgan fingerprint density at radius 2 is 1.67 bits per heavy atom. The van der Waals surface area contributed by atoms with Gasteiger partial charge >= 0.3 is 0 Å². The number of benzene rings is 1. The predicted molar refractivity (Wildman–Crippen MR) is 88.0 cm³/mol. The molecule has 0 radical (unpaired) electrons. The molecule has 1 heterocycles. The zero-order valence-corrected chi connectivity index (χ0v) is 13.3. The van der Waals surface area contributed by atoms with Crippen LogP contribution in [0.4, 0.5) is 0 Å². The van der Waals surface area contributed by atoms with E-state index in [0.717, 1.165) is 12.0 Å². The Hall–Kier alpha value is -1.06. The van der Waals surface area contributed by atoms with E-state index in [2.05, 4.69) is 10.2 Å². The summed E-state index contributed by atoms with van der Waals surface area (Å²) < 4.78 is 0. The summed E-state index contributed by atoms with van der Waals surface area (Å²) >= 11 is 0. The first kappa shape index (κ1) is 16.3. The predicted octanol–water partition coefficient (Wildman–Crippen LogP) is 3.25. The summed E-state index contributed by atoms with van der Waals surface area (Å²) in [5.41, 5.74) is 0.776. The summed E-state index contributed by atoms with van der Waals surface area (Å²) in [7, 11) is 0. The molecule has 0 spiro atoms. The molecule has 0 aromatic heterocycles. The van der Waals surface area contributed by atoms with E-state index in [4.69, 9.17) is 0 Å². The van der Waals surface area contributed by atoms with Crippen LogP contribution in [0.1, 0.15) is 48.9 Å². The monoisotopic (exact) mass is 308 g/mol. The fourth-order valence-electron chi connectivity index (χ4n) is 3.63. The first-order valence-electron chi connectivity index (χ1n) is 7.94. The number of nitrogens with one attached hydrogen (secondary N) is 1. The molecule has 4 heteroatoms. The third-order valence-electron chi connectivity index (χ3n) is 4.69. The van der Waals surface area contributed by atoms with E-state index in [1.807, 2.05) is 30.3 Å². The molecule has 2 aliphatic rings. The SMILES string of the molecule is Cl.O=C(N[C@@H]1CCCC[C@@H]1N1CCCC1)c1ccccc1. The van der Waals surface area contributed by atoms with Crippen LogP contribution >= 0.6 is 12.4 Å². The summed E-state index contributed by atoms with van der Waals surface area (Å²) in [6.07, 6.45) is 7.54. The van der Waals surface area contributed by atoms with Gasteiger partial charge in [0.1, 0.15) is 0 Å². The molecule has 1 amide bonds. The van der Waals surface area contributed by atoms with Crippen LogP contribution in [0, 0.1) is 0 Å². The molecule has 1 saturated heterocycles. The Morgan fingerprint density at radius 3 is 2.38 bits per heavy atom. The van der Waals surface area contributed by atoms with Gasteiger partial charge in [0.2, 0.25) is 0 Å². The maximum absolute atomic E-state index is 12.3. The lowest BCUT2D eigenvalue weighted by Gasteiger charge is -2.38. The van der Waals surface area contributed by atoms with Crippen LogP contribution in [-0.4, -0.2) is 36.0 Å². The van der Waals surface area contributed by atoms with Gasteiger partial charge in [0, 0.05) is 17.6 Å². The second-order valence-electron chi connectivity index (χ2n) is 6.04. The molecule has 1 aliphatic heterocycles. The number of nitrogens with zero attached hydrogens (tertiary/aromatic N) is 1. The molecular weight excluding hydrogens is 284 g/mol. The lowest BCUT2D eigenvalue weighted by Crippen LogP contribution is -2.52. The molecule has 1 aromatic rings. The Labute approximate surface area is 133 Å². The average molecular weight is 309 g/mol. The Balaban J connectivity index is 0.00000161. The highest BCUT2D eigenvalue weighted by Crippen LogP contribution is 2.26. The van der Waals surface area contributed by atoms with Crippen molar-refractivity contribution in [1.82, 2.24) is 10.2 Å². The molecule has 3 nitrogen and oxygen atoms in total. The summed E-state index contributed by atoms with van der Waals surface area (Å²) in [6.45, 7) is 2.42. The second-order valence-corrected chi connectivity index (χ2v) is 6.04. The zero-order chi connectivity index (χ0) is 13.8. The molecule has 0 unspecified atom stereocenters. The van der Waals surface area contributed by atoms with Gasteiger partial charge in [-0.2, -0.15) is 0 Å². The van der Waals surface area contributed by atoms with Gasteiger partial charge in [-0.1, -0.05) is 31.0 Å². The van der Waals surface area contributed by atoms with E-state index in [1.165, 1.54) is 45.2 Å². The number of hydrogen-bond donors (Lipinski definition) is 1. The van der Waals surface area contributed by atoms with Gasteiger partial charge in [0.05, 0.1) is 0 Å². The van der Waals surface area contributed by atoms with E-state index < -0.39 is 0 Å². The van der Waals surface area contributed by atoms with Crippen molar-refractivity contribution < 1.29 is 4.79 Å². The van der Waals surface area contributed by atoms with Crippen molar-refractivity contribution in [3.8, 4) is 0 Å². The van der Waals surface area contributed by atoms with Gasteiger partial charge in [-0.05, 0) is 50.9 Å². The van der Waals surface area contributed by atoms with Crippen molar-refractivity contribution in [2.45, 2.75) is 50.6 Å². The largest absolute Gasteiger partial charge is 0.348 e. The van der Waals surface area contributed by atoms with Crippen LogP contribution in [0.15, 0.2) is 30.3 Å². The van der Waals surface area contributed by atoms with E-state index in [1.54, 1.807) is 0 Å². The number of carbonyl (C=O) groups excluding carboxylic acids is 1. The highest BCUT2D eigenvalue weighted by atomic mass is 35.5. The van der Waals surface area contributed by atoms with E-state index in [-0.39, 0.29) is 18.3 Å². The van der Waals surface area contributed by atoms with E-state index >= 15 is 0 Å². The Kier molecular flexibility index (Phi) is 6.07. The number of rotatable bonds is 3. The molecule has 116 valence electrons. The zero-order valence-electron chi connectivity index (χ0n) is 12.5. The Morgan fingerprint density at radius 1 is 1.00 bits per heavy atom. The molecule has 0 bridgehead atoms. The average Bonchev–Trinajstić information content (AvgIpc) is 3.03. The number of halogens is 1. The lowest BCUT2D eigenvalue weighted by molar-refractivity contribution is 0.0862. The van der Waals surface area contributed by atoms with Gasteiger partial charge in [0.15, 0.2) is 0 Å². The van der Waals surface area contributed by atoms with Gasteiger partial charge in [-0.15, -0.1) is 12.4 Å². The summed E-state index contributed by atoms with van der Waals surface area (Å²) in [5, 5.41) is 3.28. The molecule has 1 saturated carbocycles. The van der Waals surface area contributed by atoms with Crippen LogP contribution in [0.5, 0.6) is 0 Å². The molecule has 1 N–H and O–H groups in total. The van der Waals surface area contributed by atoms with Gasteiger partial charge in [0.25, 0.3) is 5.91 Å². The summed E-state index contributed by atoms with van der Waals surface area (Å²) in [6, 6.07) is 10.5. The molecular formula is C17H25ClN2O. The smallest absolute Gasteiger partial charge is 0.251 e. The minimum Gasteiger partial charge on any atom is -0.348 e. The van der Waals surface area contributed by atoms with Crippen molar-refractivity contribution in [2.24, 2.45) is 0 Å². The second kappa shape index (κ2) is 7.81. The van der Waals surface area contributed by atoms with Crippen molar-refractivity contribution in [3.63, 3.8) is 0 Å². The molecule has 2 fully saturated rings. The van der Waals surface area contributed by atoms with E-state index in [9.17, 15) is 4.79 Å². The molecule has 1 aromatic carbocycles. The number of likely N-dealkylation sites (tertiary alicyclic amines) is 1. The molecule has 2 atom stereocenters. The van der Waals surface area contributed by atoms with Crippen LogP contribution in [0.3, 0.4) is 0 Å². The third-order valence-corrected chi connectivity index (χ3v) is 4.69. The van der Waals surface area contributed by atoms with Crippen LogP contribution in [0.25, 0.3) is 0 Å². The molecule has 21 heavy (non-hydrogen) atoms. The van der Waals surface area contributed by atoms with Crippen LogP contribution in [-0.2, 0) is 0 Å². The maximum atomic E-state index is 12.3. The van der Waals surface area contributed by atoms with Crippen molar-refractivity contribution in [2.75, 3.05) is 13.1 Å². The van der Waals surface area contributed by atoms with Crippen molar-refractivity contribution in [1.29, 1.82) is 0 Å². The highest BCUT2D eigenvalue weighted by molar-refractivity contribution is 5.94. The van der Waals surface area contributed by atoms with E-state index in [0.29, 0.717) is 12.1 Å². The maximum Gasteiger partial charge on any atom is 0.251 e. The van der Waals surface area contributed by atoms with Crippen LogP contribution in [0.2, 0.25) is 0 Å². The quantitative estimate of drug-likeness (QED) is 0.929. The van der Waals surface area contributed by atoms with Gasteiger partial charge in [-0.3, -0.25) is 9.69 Å². The Bertz CT molecular complexity index is 445. The fraction of sp³-hybridized carbons (Fsp3) is 0.588. The number of hydrogen-bond acceptors (Lipinski definition) is 2. The van der Waals surface area contributed by atoms with Crippen molar-refractivity contribution >= 4 is 18.3 Å². The fourth-order valence-corrected chi connectivity index (χ4v) is 3.63. The molecule has 1 aliphatic carbocycles. The summed E-state index contributed by atoms with van der Waals surface area (Å²) in [4.78, 5) is 14.9. The standard InChI is InChI=1S/C17H24N2O.ClH/c20-17(14-8-2-1-3-9-14)18-15-10-4-5-11-16(15)19-12-6-7-13-19;/h1-3,8-9,15-16H,4-7,10-13H2,(H,18,20);1H/t15-,16+;/m1./s1. The lowest BCUT2D eigenvalue weighted by atomic mass is 9.89. The topological polar surface area (TPSA) is 32.3 Å². The van der Waals surface area contributed by atoms with Gasteiger partial charge < -0.3 is 5.32 Å². The first-order chi connectivity index (χ1) is 9.84. The van der Waals surface area contributed by atoms with Crippen molar-refractivity contribution in [3.05, 3.63) is 35.9 Å². The number of carbonyl (C=O) groups is 1. The minimum absolute atomic E-state index is 0. The third kappa shape index (κ3) is 3.98. The minimum atomic E-state index is 0. The first-order valence-corrected chi connectivity index (χ1v) is 7.94. The highest BCUT2D eigenvalue weighted by Gasteiger charge is 2.32. The summed E-state index contributed by atoms with van der Waals surface area (Å²) in [5.74, 6) is 0.0849.